The lowest BCUT2D eigenvalue weighted by molar-refractivity contribution is -0.150. The quantitative estimate of drug-likeness (QED) is 0.769. The van der Waals surface area contributed by atoms with Crippen molar-refractivity contribution in [2.75, 3.05) is 6.61 Å². The molecule has 2 aromatic rings. The van der Waals surface area contributed by atoms with Gasteiger partial charge < -0.3 is 14.6 Å². The molecule has 122 valence electrons. The van der Waals surface area contributed by atoms with Gasteiger partial charge in [-0.2, -0.15) is 0 Å². The Labute approximate surface area is 140 Å². The Bertz CT molecular complexity index is 643. The number of hydrogen-bond acceptors (Lipinski definition) is 3. The molecule has 0 spiro atoms. The molecule has 0 bridgehead atoms. The van der Waals surface area contributed by atoms with Crippen LogP contribution in [0, 0.1) is 0 Å². The molecular formula is C18H19ClO4. The van der Waals surface area contributed by atoms with Crippen molar-refractivity contribution in [1.82, 2.24) is 0 Å². The highest BCUT2D eigenvalue weighted by atomic mass is 35.5. The number of para-hydroxylation sites is 1. The summed E-state index contributed by atoms with van der Waals surface area (Å²) in [6.45, 7) is 2.33. The Balaban J connectivity index is 2.22. The molecule has 0 amide bonds. The first-order valence-corrected chi connectivity index (χ1v) is 7.83. The molecule has 5 heteroatoms. The van der Waals surface area contributed by atoms with Gasteiger partial charge in [0.2, 0.25) is 0 Å². The molecule has 0 aliphatic rings. The molecule has 0 unspecified atom stereocenters. The molecule has 1 N–H and O–H groups in total. The van der Waals surface area contributed by atoms with E-state index in [1.54, 1.807) is 18.2 Å². The standard InChI is InChI=1S/C18H19ClO4/c1-2-10-22-17(18(20)21)12-13-11-14(19)8-9-16(13)23-15-6-4-3-5-7-15/h3-9,11,17H,2,10,12H2,1H3,(H,20,21)/t17-/m1/s1. The van der Waals surface area contributed by atoms with Crippen LogP contribution in [0.2, 0.25) is 5.02 Å². The van der Waals surface area contributed by atoms with E-state index in [9.17, 15) is 9.90 Å². The van der Waals surface area contributed by atoms with Gasteiger partial charge in [0, 0.05) is 18.1 Å². The normalized spacial score (nSPS) is 11.9. The van der Waals surface area contributed by atoms with E-state index in [1.165, 1.54) is 0 Å². The maximum Gasteiger partial charge on any atom is 0.333 e. The van der Waals surface area contributed by atoms with Crippen LogP contribution in [0.25, 0.3) is 0 Å². The van der Waals surface area contributed by atoms with Gasteiger partial charge >= 0.3 is 5.97 Å². The van der Waals surface area contributed by atoms with Gasteiger partial charge in [-0.25, -0.2) is 4.79 Å². The SMILES string of the molecule is CCCO[C@H](Cc1cc(Cl)ccc1Oc1ccccc1)C(=O)O. The monoisotopic (exact) mass is 334 g/mol. The average molecular weight is 335 g/mol. The van der Waals surface area contributed by atoms with Crippen molar-refractivity contribution in [3.05, 3.63) is 59.1 Å². The third-order valence-electron chi connectivity index (χ3n) is 3.20. The molecule has 4 nitrogen and oxygen atoms in total. The summed E-state index contributed by atoms with van der Waals surface area (Å²) in [5.41, 5.74) is 0.699. The van der Waals surface area contributed by atoms with E-state index >= 15 is 0 Å². The molecule has 0 heterocycles. The van der Waals surface area contributed by atoms with Crippen molar-refractivity contribution in [1.29, 1.82) is 0 Å². The minimum atomic E-state index is -0.996. The van der Waals surface area contributed by atoms with Crippen LogP contribution in [0.3, 0.4) is 0 Å². The minimum Gasteiger partial charge on any atom is -0.479 e. The van der Waals surface area contributed by atoms with Crippen molar-refractivity contribution >= 4 is 17.6 Å². The Morgan fingerprint density at radius 2 is 1.96 bits per heavy atom. The summed E-state index contributed by atoms with van der Waals surface area (Å²) < 4.78 is 11.2. The highest BCUT2D eigenvalue weighted by molar-refractivity contribution is 6.30. The van der Waals surface area contributed by atoms with Gasteiger partial charge in [0.05, 0.1) is 0 Å². The van der Waals surface area contributed by atoms with Gasteiger partial charge in [-0.1, -0.05) is 36.7 Å². The number of carbonyl (C=O) groups is 1. The highest BCUT2D eigenvalue weighted by Gasteiger charge is 2.21. The molecule has 2 aromatic carbocycles. The first-order valence-electron chi connectivity index (χ1n) is 7.46. The van der Waals surface area contributed by atoms with Crippen LogP contribution in [0.15, 0.2) is 48.5 Å². The fourth-order valence-corrected chi connectivity index (χ4v) is 2.29. The maximum atomic E-state index is 11.4. The van der Waals surface area contributed by atoms with Crippen molar-refractivity contribution in [2.24, 2.45) is 0 Å². The lowest BCUT2D eigenvalue weighted by Gasteiger charge is -2.16. The van der Waals surface area contributed by atoms with Gasteiger partial charge in [-0.3, -0.25) is 0 Å². The van der Waals surface area contributed by atoms with E-state index in [4.69, 9.17) is 21.1 Å². The van der Waals surface area contributed by atoms with E-state index in [0.717, 1.165) is 6.42 Å². The van der Waals surface area contributed by atoms with E-state index in [0.29, 0.717) is 28.7 Å². The van der Waals surface area contributed by atoms with Crippen LogP contribution in [0.4, 0.5) is 0 Å². The average Bonchev–Trinajstić information content (AvgIpc) is 2.54. The predicted molar refractivity (Wildman–Crippen MR) is 89.3 cm³/mol. The number of halogens is 1. The number of rotatable bonds is 8. The minimum absolute atomic E-state index is 0.193. The molecule has 0 aromatic heterocycles. The summed E-state index contributed by atoms with van der Waals surface area (Å²) in [4.78, 5) is 11.4. The third-order valence-corrected chi connectivity index (χ3v) is 3.43. The Hall–Kier alpha value is -2.04. The van der Waals surface area contributed by atoms with Gasteiger partial charge in [-0.15, -0.1) is 0 Å². The number of hydrogen-bond donors (Lipinski definition) is 1. The van der Waals surface area contributed by atoms with E-state index in [1.807, 2.05) is 37.3 Å². The number of carboxylic acids is 1. The smallest absolute Gasteiger partial charge is 0.333 e. The Morgan fingerprint density at radius 1 is 1.22 bits per heavy atom. The predicted octanol–water partition coefficient (Wildman–Crippen LogP) is 4.55. The van der Waals surface area contributed by atoms with Gasteiger partial charge in [-0.05, 0) is 42.3 Å². The fraction of sp³-hybridized carbons (Fsp3) is 0.278. The molecular weight excluding hydrogens is 316 g/mol. The topological polar surface area (TPSA) is 55.8 Å². The molecule has 0 saturated carbocycles. The molecule has 1 atom stereocenters. The van der Waals surface area contributed by atoms with Crippen LogP contribution >= 0.6 is 11.6 Å². The lowest BCUT2D eigenvalue weighted by Crippen LogP contribution is -2.27. The zero-order chi connectivity index (χ0) is 16.7. The number of benzene rings is 2. The van der Waals surface area contributed by atoms with E-state index < -0.39 is 12.1 Å². The zero-order valence-corrected chi connectivity index (χ0v) is 13.6. The second-order valence-corrected chi connectivity index (χ2v) is 5.51. The molecule has 23 heavy (non-hydrogen) atoms. The van der Waals surface area contributed by atoms with Crippen LogP contribution in [-0.2, 0) is 16.0 Å². The highest BCUT2D eigenvalue weighted by Crippen LogP contribution is 2.29. The largest absolute Gasteiger partial charge is 0.479 e. The summed E-state index contributed by atoms with van der Waals surface area (Å²) in [7, 11) is 0. The van der Waals surface area contributed by atoms with Crippen LogP contribution in [0.5, 0.6) is 11.5 Å². The summed E-state index contributed by atoms with van der Waals surface area (Å²) in [5, 5.41) is 9.84. The van der Waals surface area contributed by atoms with Crippen molar-refractivity contribution in [2.45, 2.75) is 25.9 Å². The first kappa shape index (κ1) is 17.3. The van der Waals surface area contributed by atoms with Gasteiger partial charge in [0.25, 0.3) is 0 Å². The second kappa shape index (κ2) is 8.56. The van der Waals surface area contributed by atoms with Gasteiger partial charge in [0.15, 0.2) is 6.10 Å². The van der Waals surface area contributed by atoms with E-state index in [2.05, 4.69) is 0 Å². The lowest BCUT2D eigenvalue weighted by atomic mass is 10.1. The van der Waals surface area contributed by atoms with Crippen molar-refractivity contribution < 1.29 is 19.4 Å². The maximum absolute atomic E-state index is 11.4. The molecule has 0 fully saturated rings. The van der Waals surface area contributed by atoms with Crippen LogP contribution in [0.1, 0.15) is 18.9 Å². The molecule has 0 saturated heterocycles. The zero-order valence-electron chi connectivity index (χ0n) is 12.9. The van der Waals surface area contributed by atoms with Crippen molar-refractivity contribution in [3.63, 3.8) is 0 Å². The summed E-state index contributed by atoms with van der Waals surface area (Å²) in [5.74, 6) is 0.258. The Morgan fingerprint density at radius 3 is 2.61 bits per heavy atom. The number of aliphatic carboxylic acids is 1. The molecule has 0 aliphatic heterocycles. The van der Waals surface area contributed by atoms with Crippen LogP contribution in [-0.4, -0.2) is 23.8 Å². The Kier molecular flexibility index (Phi) is 6.44. The fourth-order valence-electron chi connectivity index (χ4n) is 2.10. The second-order valence-electron chi connectivity index (χ2n) is 5.07. The van der Waals surface area contributed by atoms with Crippen LogP contribution < -0.4 is 4.74 Å². The van der Waals surface area contributed by atoms with E-state index in [-0.39, 0.29) is 6.42 Å². The molecule has 0 radical (unpaired) electrons. The van der Waals surface area contributed by atoms with Crippen molar-refractivity contribution in [3.8, 4) is 11.5 Å². The molecule has 0 aliphatic carbocycles. The number of ether oxygens (including phenoxy) is 2. The summed E-state index contributed by atoms with van der Waals surface area (Å²) in [6, 6.07) is 14.5. The molecule has 2 rings (SSSR count). The van der Waals surface area contributed by atoms with Gasteiger partial charge in [0.1, 0.15) is 11.5 Å². The first-order chi connectivity index (χ1) is 11.1. The summed E-state index contributed by atoms with van der Waals surface area (Å²) >= 11 is 6.04. The summed E-state index contributed by atoms with van der Waals surface area (Å²) in [6.07, 6.45) is 0.0247. The number of carboxylic acid groups (broad SMARTS) is 1. The third kappa shape index (κ3) is 5.27.